The molecule has 1 fully saturated rings. The van der Waals surface area contributed by atoms with Crippen molar-refractivity contribution in [3.63, 3.8) is 0 Å². The van der Waals surface area contributed by atoms with Crippen LogP contribution in [0.2, 0.25) is 0 Å². The fourth-order valence-electron chi connectivity index (χ4n) is 4.31. The second kappa shape index (κ2) is 6.84. The molecule has 0 aromatic carbocycles. The molecule has 0 N–H and O–H groups in total. The van der Waals surface area contributed by atoms with Gasteiger partial charge in [0, 0.05) is 19.2 Å². The SMILES string of the molecule is CC(=O)OC1CCCCC1C(=O)N1CCCC2=C1CCCC2. The van der Waals surface area contributed by atoms with E-state index in [4.69, 9.17) is 4.74 Å². The third kappa shape index (κ3) is 3.21. The van der Waals surface area contributed by atoms with Crippen LogP contribution in [0.3, 0.4) is 0 Å². The molecule has 0 radical (unpaired) electrons. The molecule has 1 aliphatic heterocycles. The van der Waals surface area contributed by atoms with Gasteiger partial charge in [-0.3, -0.25) is 9.59 Å². The lowest BCUT2D eigenvalue weighted by Crippen LogP contribution is -2.45. The van der Waals surface area contributed by atoms with Crippen LogP contribution in [0.4, 0.5) is 0 Å². The minimum atomic E-state index is -0.263. The number of carbonyl (C=O) groups excluding carboxylic acids is 2. The second-order valence-corrected chi connectivity index (χ2v) is 6.89. The van der Waals surface area contributed by atoms with Crippen LogP contribution in [0.15, 0.2) is 11.3 Å². The molecule has 2 unspecified atom stereocenters. The van der Waals surface area contributed by atoms with E-state index in [-0.39, 0.29) is 23.9 Å². The summed E-state index contributed by atoms with van der Waals surface area (Å²) in [4.78, 5) is 26.5. The van der Waals surface area contributed by atoms with Crippen LogP contribution < -0.4 is 0 Å². The number of ether oxygens (including phenoxy) is 1. The minimum Gasteiger partial charge on any atom is -0.462 e. The fourth-order valence-corrected chi connectivity index (χ4v) is 4.31. The Kier molecular flexibility index (Phi) is 4.84. The van der Waals surface area contributed by atoms with Gasteiger partial charge in [-0.15, -0.1) is 0 Å². The van der Waals surface area contributed by atoms with E-state index in [1.165, 1.54) is 31.0 Å². The summed E-state index contributed by atoms with van der Waals surface area (Å²) in [6, 6.07) is 0. The standard InChI is InChI=1S/C18H27NO3/c1-13(20)22-17-11-5-3-9-15(17)18(21)19-12-6-8-14-7-2-4-10-16(14)19/h15,17H,2-12H2,1H3. The average Bonchev–Trinajstić information content (AvgIpc) is 2.54. The quantitative estimate of drug-likeness (QED) is 0.733. The molecule has 0 bridgehead atoms. The molecule has 0 aromatic rings. The summed E-state index contributed by atoms with van der Waals surface area (Å²) in [6.07, 6.45) is 10.5. The minimum absolute atomic E-state index is 0.133. The van der Waals surface area contributed by atoms with Crippen molar-refractivity contribution < 1.29 is 14.3 Å². The van der Waals surface area contributed by atoms with Gasteiger partial charge in [-0.05, 0) is 57.8 Å². The molecule has 4 nitrogen and oxygen atoms in total. The average molecular weight is 305 g/mol. The van der Waals surface area contributed by atoms with Crippen molar-refractivity contribution in [3.8, 4) is 0 Å². The van der Waals surface area contributed by atoms with Crippen molar-refractivity contribution in [2.45, 2.75) is 77.2 Å². The van der Waals surface area contributed by atoms with Crippen LogP contribution in [0.5, 0.6) is 0 Å². The lowest BCUT2D eigenvalue weighted by Gasteiger charge is -2.39. The van der Waals surface area contributed by atoms with Crippen LogP contribution in [0.1, 0.15) is 71.1 Å². The zero-order valence-electron chi connectivity index (χ0n) is 13.6. The first-order valence-corrected chi connectivity index (χ1v) is 8.86. The maximum absolute atomic E-state index is 13.1. The molecule has 0 spiro atoms. The van der Waals surface area contributed by atoms with Gasteiger partial charge in [0.05, 0.1) is 5.92 Å². The summed E-state index contributed by atoms with van der Waals surface area (Å²) in [5, 5.41) is 0. The summed E-state index contributed by atoms with van der Waals surface area (Å²) in [6.45, 7) is 2.29. The number of esters is 1. The molecule has 1 amide bonds. The van der Waals surface area contributed by atoms with Crippen molar-refractivity contribution in [1.29, 1.82) is 0 Å². The summed E-state index contributed by atoms with van der Waals surface area (Å²) in [5.41, 5.74) is 2.81. The summed E-state index contributed by atoms with van der Waals surface area (Å²) >= 11 is 0. The Morgan fingerprint density at radius 3 is 2.55 bits per heavy atom. The van der Waals surface area contributed by atoms with E-state index in [0.29, 0.717) is 0 Å². The molecule has 2 atom stereocenters. The molecule has 0 aromatic heterocycles. The van der Waals surface area contributed by atoms with E-state index in [9.17, 15) is 9.59 Å². The molecule has 4 heteroatoms. The molecule has 122 valence electrons. The molecular weight excluding hydrogens is 278 g/mol. The monoisotopic (exact) mass is 305 g/mol. The largest absolute Gasteiger partial charge is 0.462 e. The molecule has 3 rings (SSSR count). The number of allylic oxidation sites excluding steroid dienone is 2. The van der Waals surface area contributed by atoms with Gasteiger partial charge in [0.2, 0.25) is 5.91 Å². The van der Waals surface area contributed by atoms with E-state index < -0.39 is 0 Å². The summed E-state index contributed by atoms with van der Waals surface area (Å²) < 4.78 is 5.45. The maximum atomic E-state index is 13.1. The molecular formula is C18H27NO3. The first-order chi connectivity index (χ1) is 10.7. The highest BCUT2D eigenvalue weighted by Crippen LogP contribution is 2.37. The maximum Gasteiger partial charge on any atom is 0.302 e. The highest BCUT2D eigenvalue weighted by molar-refractivity contribution is 5.82. The summed E-state index contributed by atoms with van der Waals surface area (Å²) in [7, 11) is 0. The lowest BCUT2D eigenvalue weighted by molar-refractivity contribution is -0.156. The van der Waals surface area contributed by atoms with E-state index in [1.54, 1.807) is 0 Å². The van der Waals surface area contributed by atoms with Crippen molar-refractivity contribution >= 4 is 11.9 Å². The van der Waals surface area contributed by atoms with E-state index >= 15 is 0 Å². The number of rotatable bonds is 2. The highest BCUT2D eigenvalue weighted by Gasteiger charge is 2.38. The van der Waals surface area contributed by atoms with E-state index in [2.05, 4.69) is 0 Å². The number of hydrogen-bond donors (Lipinski definition) is 0. The summed E-state index contributed by atoms with van der Waals surface area (Å²) in [5.74, 6) is -0.188. The zero-order valence-corrected chi connectivity index (χ0v) is 13.6. The predicted octanol–water partition coefficient (Wildman–Crippen LogP) is 3.56. The smallest absolute Gasteiger partial charge is 0.302 e. The third-order valence-corrected chi connectivity index (χ3v) is 5.34. The van der Waals surface area contributed by atoms with Gasteiger partial charge in [-0.2, -0.15) is 0 Å². The lowest BCUT2D eigenvalue weighted by atomic mass is 9.83. The number of hydrogen-bond acceptors (Lipinski definition) is 3. The van der Waals surface area contributed by atoms with Crippen molar-refractivity contribution in [3.05, 3.63) is 11.3 Å². The first kappa shape index (κ1) is 15.6. The third-order valence-electron chi connectivity index (χ3n) is 5.34. The Morgan fingerprint density at radius 1 is 1.00 bits per heavy atom. The van der Waals surface area contributed by atoms with E-state index in [1.807, 2.05) is 4.90 Å². The molecule has 1 heterocycles. The molecule has 1 saturated carbocycles. The van der Waals surface area contributed by atoms with Crippen LogP contribution in [0, 0.1) is 5.92 Å². The number of carbonyl (C=O) groups is 2. The fraction of sp³-hybridized carbons (Fsp3) is 0.778. The second-order valence-electron chi connectivity index (χ2n) is 6.89. The Labute approximate surface area is 132 Å². The Morgan fingerprint density at radius 2 is 1.73 bits per heavy atom. The molecule has 2 aliphatic carbocycles. The van der Waals surface area contributed by atoms with Crippen molar-refractivity contribution in [1.82, 2.24) is 4.90 Å². The Bertz CT molecular complexity index is 479. The Balaban J connectivity index is 1.77. The van der Waals surface area contributed by atoms with Gasteiger partial charge < -0.3 is 9.64 Å². The van der Waals surface area contributed by atoms with Gasteiger partial charge in [0.25, 0.3) is 0 Å². The number of nitrogens with zero attached hydrogens (tertiary/aromatic N) is 1. The van der Waals surface area contributed by atoms with Crippen LogP contribution >= 0.6 is 0 Å². The zero-order chi connectivity index (χ0) is 15.5. The van der Waals surface area contributed by atoms with Crippen LogP contribution in [0.25, 0.3) is 0 Å². The first-order valence-electron chi connectivity index (χ1n) is 8.86. The van der Waals surface area contributed by atoms with Gasteiger partial charge in [0.1, 0.15) is 6.10 Å². The van der Waals surface area contributed by atoms with Crippen molar-refractivity contribution in [2.24, 2.45) is 5.92 Å². The Hall–Kier alpha value is -1.32. The number of amides is 1. The molecule has 3 aliphatic rings. The molecule has 22 heavy (non-hydrogen) atoms. The molecule has 0 saturated heterocycles. The van der Waals surface area contributed by atoms with Crippen molar-refractivity contribution in [2.75, 3.05) is 6.54 Å². The van der Waals surface area contributed by atoms with Gasteiger partial charge in [-0.1, -0.05) is 12.0 Å². The predicted molar refractivity (Wildman–Crippen MR) is 84.0 cm³/mol. The topological polar surface area (TPSA) is 46.6 Å². The van der Waals surface area contributed by atoms with Gasteiger partial charge in [0.15, 0.2) is 0 Å². The normalized spacial score (nSPS) is 29.0. The van der Waals surface area contributed by atoms with Crippen LogP contribution in [-0.4, -0.2) is 29.4 Å². The van der Waals surface area contributed by atoms with Gasteiger partial charge in [-0.25, -0.2) is 0 Å². The van der Waals surface area contributed by atoms with Crippen LogP contribution in [-0.2, 0) is 14.3 Å². The highest BCUT2D eigenvalue weighted by atomic mass is 16.5. The van der Waals surface area contributed by atoms with Gasteiger partial charge >= 0.3 is 5.97 Å². The van der Waals surface area contributed by atoms with E-state index in [0.717, 1.165) is 57.9 Å².